The molecule has 2 rings (SSSR count). The van der Waals surface area contributed by atoms with Gasteiger partial charge in [0.05, 0.1) is 6.54 Å². The van der Waals surface area contributed by atoms with E-state index < -0.39 is 28.8 Å². The van der Waals surface area contributed by atoms with Gasteiger partial charge in [-0.1, -0.05) is 0 Å². The van der Waals surface area contributed by atoms with Crippen LogP contribution in [0.1, 0.15) is 24.4 Å². The summed E-state index contributed by atoms with van der Waals surface area (Å²) in [5.41, 5.74) is 5.34. The van der Waals surface area contributed by atoms with Crippen molar-refractivity contribution in [2.24, 2.45) is 5.73 Å². The average molecular weight is 312 g/mol. The number of nitrogens with two attached hydrogens (primary N) is 1. The summed E-state index contributed by atoms with van der Waals surface area (Å²) in [6.07, 6.45) is -3.70. The Morgan fingerprint density at radius 1 is 1.45 bits per heavy atom. The minimum absolute atomic E-state index is 0.0148. The maximum Gasteiger partial charge on any atom is 0.402 e. The number of rotatable bonds is 5. The Bertz CT molecular complexity index is 591. The molecule has 1 aliphatic carbocycles. The Morgan fingerprint density at radius 2 is 2.05 bits per heavy atom. The molecule has 1 aromatic heterocycles. The fourth-order valence-electron chi connectivity index (χ4n) is 1.96. The van der Waals surface area contributed by atoms with Gasteiger partial charge in [0.2, 0.25) is 10.0 Å². The van der Waals surface area contributed by atoms with Gasteiger partial charge in [0.15, 0.2) is 0 Å². The molecule has 20 heavy (non-hydrogen) atoms. The van der Waals surface area contributed by atoms with E-state index in [1.165, 1.54) is 13.0 Å². The van der Waals surface area contributed by atoms with Crippen molar-refractivity contribution in [1.29, 1.82) is 0 Å². The lowest BCUT2D eigenvalue weighted by Gasteiger charge is -2.22. The summed E-state index contributed by atoms with van der Waals surface area (Å²) in [6.45, 7) is -0.105. The molecule has 1 saturated carbocycles. The lowest BCUT2D eigenvalue weighted by molar-refractivity contribution is -0.137. The number of nitrogens with zero attached hydrogens (tertiary/aromatic N) is 1. The second kappa shape index (κ2) is 5.05. The van der Waals surface area contributed by atoms with Gasteiger partial charge in [-0.2, -0.15) is 17.5 Å². The summed E-state index contributed by atoms with van der Waals surface area (Å²) in [6, 6.07) is 0.605. The van der Waals surface area contributed by atoms with Crippen molar-refractivity contribution in [2.75, 3.05) is 6.54 Å². The smallest absolute Gasteiger partial charge is 0.402 e. The van der Waals surface area contributed by atoms with Crippen LogP contribution in [0.3, 0.4) is 0 Å². The van der Waals surface area contributed by atoms with Gasteiger partial charge in [0.1, 0.15) is 23.0 Å². The summed E-state index contributed by atoms with van der Waals surface area (Å²) in [5.74, 6) is 0.280. The summed E-state index contributed by atoms with van der Waals surface area (Å²) in [5, 5.41) is 0. The van der Waals surface area contributed by atoms with Crippen molar-refractivity contribution in [3.63, 3.8) is 0 Å². The molecule has 1 heterocycles. The first-order valence-corrected chi connectivity index (χ1v) is 7.47. The zero-order valence-electron chi connectivity index (χ0n) is 10.8. The van der Waals surface area contributed by atoms with Crippen molar-refractivity contribution >= 4 is 10.0 Å². The van der Waals surface area contributed by atoms with E-state index in [0.717, 1.165) is 0 Å². The van der Waals surface area contributed by atoms with Crippen LogP contribution in [-0.2, 0) is 16.6 Å². The lowest BCUT2D eigenvalue weighted by atomic mass is 10.4. The number of alkyl halides is 3. The van der Waals surface area contributed by atoms with Gasteiger partial charge in [0, 0.05) is 12.1 Å². The van der Waals surface area contributed by atoms with Gasteiger partial charge in [-0.3, -0.25) is 0 Å². The highest BCUT2D eigenvalue weighted by atomic mass is 32.2. The minimum atomic E-state index is -4.58. The number of aryl methyl sites for hydroxylation is 1. The van der Waals surface area contributed by atoms with Gasteiger partial charge in [0.25, 0.3) is 0 Å². The molecule has 1 fully saturated rings. The van der Waals surface area contributed by atoms with E-state index in [4.69, 9.17) is 10.2 Å². The maximum atomic E-state index is 12.6. The summed E-state index contributed by atoms with van der Waals surface area (Å²) in [4.78, 5) is -0.242. The second-order valence-electron chi connectivity index (χ2n) is 4.73. The third kappa shape index (κ3) is 3.15. The summed E-state index contributed by atoms with van der Waals surface area (Å²) in [7, 11) is -4.23. The highest BCUT2D eigenvalue weighted by Crippen LogP contribution is 2.36. The lowest BCUT2D eigenvalue weighted by Crippen LogP contribution is -2.40. The SMILES string of the molecule is Cc1oc(CN)cc1S(=O)(=O)N(CC(F)(F)F)C1CC1. The van der Waals surface area contributed by atoms with Gasteiger partial charge >= 0.3 is 6.18 Å². The van der Waals surface area contributed by atoms with E-state index in [9.17, 15) is 21.6 Å². The molecule has 0 spiro atoms. The Kier molecular flexibility index (Phi) is 3.87. The maximum absolute atomic E-state index is 12.6. The molecule has 0 aromatic carbocycles. The molecule has 0 aliphatic heterocycles. The van der Waals surface area contributed by atoms with E-state index in [1.807, 2.05) is 0 Å². The highest BCUT2D eigenvalue weighted by molar-refractivity contribution is 7.89. The molecule has 0 amide bonds. The molecule has 9 heteroatoms. The molecular weight excluding hydrogens is 297 g/mol. The van der Waals surface area contributed by atoms with Crippen molar-refractivity contribution < 1.29 is 26.0 Å². The molecule has 0 unspecified atom stereocenters. The zero-order valence-corrected chi connectivity index (χ0v) is 11.6. The number of hydrogen-bond acceptors (Lipinski definition) is 4. The summed E-state index contributed by atoms with van der Waals surface area (Å²) >= 11 is 0. The molecule has 5 nitrogen and oxygen atoms in total. The van der Waals surface area contributed by atoms with E-state index >= 15 is 0 Å². The monoisotopic (exact) mass is 312 g/mol. The molecule has 1 aliphatic rings. The third-order valence-electron chi connectivity index (χ3n) is 3.00. The van der Waals surface area contributed by atoms with Crippen LogP contribution >= 0.6 is 0 Å². The van der Waals surface area contributed by atoms with E-state index in [1.54, 1.807) is 0 Å². The predicted molar refractivity (Wildman–Crippen MR) is 64.3 cm³/mol. The molecule has 0 atom stereocenters. The highest BCUT2D eigenvalue weighted by Gasteiger charge is 2.45. The van der Waals surface area contributed by atoms with Gasteiger partial charge in [-0.05, 0) is 19.8 Å². The fraction of sp³-hybridized carbons (Fsp3) is 0.636. The Morgan fingerprint density at radius 3 is 2.45 bits per heavy atom. The first-order chi connectivity index (χ1) is 9.15. The number of hydrogen-bond donors (Lipinski definition) is 1. The van der Waals surface area contributed by atoms with Crippen molar-refractivity contribution in [2.45, 2.75) is 43.4 Å². The van der Waals surface area contributed by atoms with Crippen LogP contribution < -0.4 is 5.73 Å². The molecule has 114 valence electrons. The quantitative estimate of drug-likeness (QED) is 0.899. The van der Waals surface area contributed by atoms with Crippen LogP contribution in [0.5, 0.6) is 0 Å². The molecule has 0 bridgehead atoms. The number of halogens is 3. The van der Waals surface area contributed by atoms with E-state index in [0.29, 0.717) is 17.1 Å². The normalized spacial score (nSPS) is 16.9. The Hall–Kier alpha value is -1.06. The topological polar surface area (TPSA) is 76.5 Å². The zero-order chi connectivity index (χ0) is 15.1. The molecule has 2 N–H and O–H groups in total. The van der Waals surface area contributed by atoms with Crippen LogP contribution in [0.4, 0.5) is 13.2 Å². The van der Waals surface area contributed by atoms with Gasteiger partial charge in [-0.25, -0.2) is 8.42 Å². The van der Waals surface area contributed by atoms with Crippen LogP contribution in [-0.4, -0.2) is 31.5 Å². The van der Waals surface area contributed by atoms with Crippen molar-refractivity contribution in [3.05, 3.63) is 17.6 Å². The predicted octanol–water partition coefficient (Wildman–Crippen LogP) is 1.76. The van der Waals surface area contributed by atoms with Crippen LogP contribution in [0, 0.1) is 6.92 Å². The largest absolute Gasteiger partial charge is 0.464 e. The van der Waals surface area contributed by atoms with Gasteiger partial charge < -0.3 is 10.2 Å². The fourth-order valence-corrected chi connectivity index (χ4v) is 3.81. The minimum Gasteiger partial charge on any atom is -0.464 e. The van der Waals surface area contributed by atoms with Gasteiger partial charge in [-0.15, -0.1) is 0 Å². The van der Waals surface area contributed by atoms with Crippen LogP contribution in [0.15, 0.2) is 15.4 Å². The second-order valence-corrected chi connectivity index (χ2v) is 6.59. The molecule has 0 saturated heterocycles. The van der Waals surface area contributed by atoms with E-state index in [2.05, 4.69) is 0 Å². The number of sulfonamides is 1. The van der Waals surface area contributed by atoms with Crippen molar-refractivity contribution in [3.8, 4) is 0 Å². The average Bonchev–Trinajstić information content (AvgIpc) is 3.07. The van der Waals surface area contributed by atoms with E-state index in [-0.39, 0.29) is 23.0 Å². The first-order valence-electron chi connectivity index (χ1n) is 6.03. The standard InChI is InChI=1S/C11H15F3N2O3S/c1-7-10(4-9(5-15)19-7)20(17,18)16(8-2-3-8)6-11(12,13)14/h4,8H,2-3,5-6,15H2,1H3. The molecule has 0 radical (unpaired) electrons. The summed E-state index contributed by atoms with van der Waals surface area (Å²) < 4.78 is 68.0. The Labute approximate surface area is 114 Å². The van der Waals surface area contributed by atoms with Crippen LogP contribution in [0.2, 0.25) is 0 Å². The van der Waals surface area contributed by atoms with Crippen molar-refractivity contribution in [1.82, 2.24) is 4.31 Å². The third-order valence-corrected chi connectivity index (χ3v) is 5.01. The number of furan rings is 1. The van der Waals surface area contributed by atoms with Crippen LogP contribution in [0.25, 0.3) is 0 Å². The Balaban J connectivity index is 2.37. The molecule has 1 aromatic rings. The first kappa shape index (κ1) is 15.3. The molecular formula is C11H15F3N2O3S.